The van der Waals surface area contributed by atoms with E-state index in [1.54, 1.807) is 12.1 Å². The van der Waals surface area contributed by atoms with Crippen LogP contribution in [0.15, 0.2) is 66.7 Å². The normalized spacial score (nSPS) is 21.9. The molecule has 2 bridgehead atoms. The van der Waals surface area contributed by atoms with Crippen LogP contribution in [0.2, 0.25) is 0 Å². The number of rotatable bonds is 7. The first-order valence-corrected chi connectivity index (χ1v) is 12.1. The van der Waals surface area contributed by atoms with E-state index < -0.39 is 6.36 Å². The lowest BCUT2D eigenvalue weighted by Gasteiger charge is -2.46. The second-order valence-corrected chi connectivity index (χ2v) is 10.2. The largest absolute Gasteiger partial charge is 0.573 e. The maximum atomic E-state index is 12.3. The minimum absolute atomic E-state index is 0.239. The average molecular weight is 482 g/mol. The van der Waals surface area contributed by atoms with Gasteiger partial charge in [-0.15, -0.1) is 13.2 Å². The van der Waals surface area contributed by atoms with Crippen LogP contribution in [0, 0.1) is 11.3 Å². The van der Waals surface area contributed by atoms with E-state index in [0.717, 1.165) is 23.2 Å². The summed E-state index contributed by atoms with van der Waals surface area (Å²) in [6.45, 7) is 1.37. The number of allylic oxidation sites excluding steroid dienone is 1. The molecule has 35 heavy (non-hydrogen) atoms. The van der Waals surface area contributed by atoms with Crippen LogP contribution in [0.25, 0.3) is 16.3 Å². The summed E-state index contributed by atoms with van der Waals surface area (Å²) in [4.78, 5) is 2.31. The fraction of sp³-hybridized carbons (Fsp3) is 0.379. The molecule has 0 radical (unpaired) electrons. The Hall–Kier alpha value is -2.99. The van der Waals surface area contributed by atoms with E-state index in [4.69, 9.17) is 4.74 Å². The fourth-order valence-electron chi connectivity index (χ4n) is 5.70. The molecule has 3 nitrogen and oxygen atoms in total. The summed E-state index contributed by atoms with van der Waals surface area (Å²) in [6, 6.07) is 18.4. The molecule has 3 aromatic rings. The number of hydrogen-bond donors (Lipinski definition) is 0. The molecule has 6 rings (SSSR count). The van der Waals surface area contributed by atoms with E-state index in [9.17, 15) is 13.2 Å². The highest BCUT2D eigenvalue weighted by Gasteiger charge is 2.40. The van der Waals surface area contributed by atoms with Gasteiger partial charge in [0.1, 0.15) is 18.1 Å². The lowest BCUT2D eigenvalue weighted by atomic mass is 9.61. The summed E-state index contributed by atoms with van der Waals surface area (Å²) < 4.78 is 46.8. The Kier molecular flexibility index (Phi) is 6.26. The van der Waals surface area contributed by atoms with Crippen molar-refractivity contribution in [3.05, 3.63) is 77.9 Å². The van der Waals surface area contributed by atoms with Crippen molar-refractivity contribution in [1.29, 1.82) is 0 Å². The summed E-state index contributed by atoms with van der Waals surface area (Å²) >= 11 is 0. The van der Waals surface area contributed by atoms with Gasteiger partial charge in [-0.1, -0.05) is 36.4 Å². The Bertz CT molecular complexity index is 1220. The van der Waals surface area contributed by atoms with Gasteiger partial charge in [0.2, 0.25) is 0 Å². The van der Waals surface area contributed by atoms with Crippen LogP contribution in [-0.4, -0.2) is 31.9 Å². The van der Waals surface area contributed by atoms with Gasteiger partial charge in [0.05, 0.1) is 0 Å². The zero-order chi connectivity index (χ0) is 24.6. The Morgan fingerprint density at radius 2 is 1.54 bits per heavy atom. The third kappa shape index (κ3) is 5.48. The number of benzene rings is 3. The molecular formula is C29H30F3NO2. The molecule has 0 unspecified atom stereocenters. The third-order valence-corrected chi connectivity index (χ3v) is 7.22. The topological polar surface area (TPSA) is 21.7 Å². The minimum Gasteiger partial charge on any atom is -0.489 e. The van der Waals surface area contributed by atoms with Crippen molar-refractivity contribution >= 4 is 16.3 Å². The van der Waals surface area contributed by atoms with Crippen LogP contribution in [0.4, 0.5) is 13.2 Å². The number of halogens is 3. The average Bonchev–Trinajstić information content (AvgIpc) is 2.82. The molecule has 184 valence electrons. The Morgan fingerprint density at radius 3 is 2.23 bits per heavy atom. The first-order chi connectivity index (χ1) is 16.7. The lowest BCUT2D eigenvalue weighted by molar-refractivity contribution is -0.274. The summed E-state index contributed by atoms with van der Waals surface area (Å²) in [5.74, 6) is 1.14. The van der Waals surface area contributed by atoms with Crippen LogP contribution in [0.1, 0.15) is 36.8 Å². The smallest absolute Gasteiger partial charge is 0.489 e. The molecule has 1 saturated carbocycles. The molecule has 1 fully saturated rings. The van der Waals surface area contributed by atoms with Gasteiger partial charge < -0.3 is 14.4 Å². The van der Waals surface area contributed by atoms with Gasteiger partial charge in [0, 0.05) is 12.0 Å². The van der Waals surface area contributed by atoms with Gasteiger partial charge in [-0.25, -0.2) is 0 Å². The SMILES string of the molecule is CN(C)CC12C=C(c3ccc4cc(OCc5ccc(OC(F)(F)F)cc5)ccc4c3)C(CC1)CC2. The van der Waals surface area contributed by atoms with E-state index in [2.05, 4.69) is 54.1 Å². The predicted octanol–water partition coefficient (Wildman–Crippen LogP) is 7.45. The first-order valence-electron chi connectivity index (χ1n) is 12.1. The lowest BCUT2D eigenvalue weighted by Crippen LogP contribution is -2.39. The van der Waals surface area contributed by atoms with Crippen LogP contribution >= 0.6 is 0 Å². The molecule has 0 N–H and O–H groups in total. The molecule has 0 spiro atoms. The maximum absolute atomic E-state index is 12.3. The van der Waals surface area contributed by atoms with Crippen LogP contribution in [0.3, 0.4) is 0 Å². The molecule has 3 aliphatic rings. The molecule has 0 heterocycles. The van der Waals surface area contributed by atoms with E-state index in [1.165, 1.54) is 54.3 Å². The molecule has 0 amide bonds. The number of ether oxygens (including phenoxy) is 2. The Labute approximate surface area is 204 Å². The monoisotopic (exact) mass is 481 g/mol. The molecule has 0 aliphatic heterocycles. The predicted molar refractivity (Wildman–Crippen MR) is 132 cm³/mol. The van der Waals surface area contributed by atoms with Crippen molar-refractivity contribution in [3.8, 4) is 11.5 Å². The van der Waals surface area contributed by atoms with Gasteiger partial charge >= 0.3 is 6.36 Å². The highest BCUT2D eigenvalue weighted by Crippen LogP contribution is 2.52. The van der Waals surface area contributed by atoms with E-state index >= 15 is 0 Å². The highest BCUT2D eigenvalue weighted by molar-refractivity contribution is 5.88. The van der Waals surface area contributed by atoms with Crippen molar-refractivity contribution in [3.63, 3.8) is 0 Å². The third-order valence-electron chi connectivity index (χ3n) is 7.22. The number of fused-ring (bicyclic) bond motifs is 3. The summed E-state index contributed by atoms with van der Waals surface area (Å²) in [5, 5.41) is 2.28. The van der Waals surface area contributed by atoms with Gasteiger partial charge in [0.25, 0.3) is 0 Å². The molecule has 0 atom stereocenters. The van der Waals surface area contributed by atoms with Crippen LogP contribution in [-0.2, 0) is 6.61 Å². The molecule has 3 aliphatic carbocycles. The summed E-state index contributed by atoms with van der Waals surface area (Å²) in [5.41, 5.74) is 3.89. The van der Waals surface area contributed by atoms with E-state index in [1.807, 2.05) is 12.1 Å². The Balaban J connectivity index is 1.29. The van der Waals surface area contributed by atoms with Crippen LogP contribution in [0.5, 0.6) is 11.5 Å². The molecule has 6 heteroatoms. The Morgan fingerprint density at radius 1 is 0.886 bits per heavy atom. The first kappa shape index (κ1) is 23.7. The second kappa shape index (κ2) is 9.23. The van der Waals surface area contributed by atoms with E-state index in [0.29, 0.717) is 11.3 Å². The molecular weight excluding hydrogens is 451 g/mol. The van der Waals surface area contributed by atoms with Crippen LogP contribution < -0.4 is 9.47 Å². The molecule has 0 aromatic heterocycles. The van der Waals surface area contributed by atoms with Gasteiger partial charge in [-0.05, 0) is 104 Å². The molecule has 0 saturated heterocycles. The minimum atomic E-state index is -4.69. The summed E-state index contributed by atoms with van der Waals surface area (Å²) in [6.07, 6.45) is 2.98. The quantitative estimate of drug-likeness (QED) is 0.350. The van der Waals surface area contributed by atoms with Crippen molar-refractivity contribution in [2.24, 2.45) is 11.3 Å². The van der Waals surface area contributed by atoms with Crippen molar-refractivity contribution < 1.29 is 22.6 Å². The number of nitrogens with zero attached hydrogens (tertiary/aromatic N) is 1. The molecule has 3 aromatic carbocycles. The van der Waals surface area contributed by atoms with Gasteiger partial charge in [-0.2, -0.15) is 0 Å². The van der Waals surface area contributed by atoms with Crippen molar-refractivity contribution in [2.75, 3.05) is 20.6 Å². The standard InChI is InChI=1S/C29H30F3NO2/c1-33(2)19-28-13-11-21(12-14-28)27(17-28)24-6-5-23-16-26(10-7-22(23)15-24)34-18-20-3-8-25(9-4-20)35-29(30,31)32/h3-10,15-17,21H,11-14,18-19H2,1-2H3. The zero-order valence-electron chi connectivity index (χ0n) is 20.1. The van der Waals surface area contributed by atoms with Crippen molar-refractivity contribution in [2.45, 2.75) is 38.7 Å². The second-order valence-electron chi connectivity index (χ2n) is 10.2. The van der Waals surface area contributed by atoms with Gasteiger partial charge in [0.15, 0.2) is 0 Å². The highest BCUT2D eigenvalue weighted by atomic mass is 19.4. The summed E-state index contributed by atoms with van der Waals surface area (Å²) in [7, 11) is 4.33. The van der Waals surface area contributed by atoms with Crippen molar-refractivity contribution in [1.82, 2.24) is 4.90 Å². The zero-order valence-corrected chi connectivity index (χ0v) is 20.1. The van der Waals surface area contributed by atoms with Gasteiger partial charge in [-0.3, -0.25) is 0 Å². The fourth-order valence-corrected chi connectivity index (χ4v) is 5.70. The number of hydrogen-bond acceptors (Lipinski definition) is 3. The number of alkyl halides is 3. The maximum Gasteiger partial charge on any atom is 0.573 e. The van der Waals surface area contributed by atoms with E-state index in [-0.39, 0.29) is 12.4 Å².